The maximum absolute atomic E-state index is 12.0. The summed E-state index contributed by atoms with van der Waals surface area (Å²) in [5.74, 6) is 13.9. The van der Waals surface area contributed by atoms with E-state index >= 15 is 0 Å². The van der Waals surface area contributed by atoms with Crippen LogP contribution in [0.4, 0.5) is 13.2 Å². The van der Waals surface area contributed by atoms with E-state index < -0.39 is 12.8 Å². The highest BCUT2D eigenvalue weighted by atomic mass is 19.4. The molecular formula is C114H165F3O7. The lowest BCUT2D eigenvalue weighted by molar-refractivity contribution is -0.195. The number of benzene rings is 4. The molecule has 19 saturated carbocycles. The van der Waals surface area contributed by atoms with Crippen LogP contribution in [0.2, 0.25) is 0 Å². The number of rotatable bonds is 25. The van der Waals surface area contributed by atoms with Crippen LogP contribution in [0.25, 0.3) is 11.1 Å². The Morgan fingerprint density at radius 3 is 1.35 bits per heavy atom. The van der Waals surface area contributed by atoms with Crippen molar-refractivity contribution in [2.75, 3.05) is 33.0 Å². The summed E-state index contributed by atoms with van der Waals surface area (Å²) < 4.78 is 79.9. The van der Waals surface area contributed by atoms with Crippen LogP contribution in [0.5, 0.6) is 0 Å². The summed E-state index contributed by atoms with van der Waals surface area (Å²) in [7, 11) is 0. The van der Waals surface area contributed by atoms with Gasteiger partial charge in [0.25, 0.3) is 0 Å². The van der Waals surface area contributed by atoms with E-state index in [1.807, 2.05) is 0 Å². The number of alkyl halides is 3. The lowest BCUT2D eigenvalue weighted by Gasteiger charge is -2.57. The number of fused-ring (bicyclic) bond motifs is 18. The van der Waals surface area contributed by atoms with Gasteiger partial charge in [-0.2, -0.15) is 13.2 Å². The van der Waals surface area contributed by atoms with Crippen LogP contribution in [0, 0.1) is 121 Å². The predicted octanol–water partition coefficient (Wildman–Crippen LogP) is 29.6. The molecule has 21 aliphatic carbocycles. The summed E-state index contributed by atoms with van der Waals surface area (Å²) in [4.78, 5) is 0. The Kier molecular flexibility index (Phi) is 27.1. The van der Waals surface area contributed by atoms with Crippen LogP contribution in [-0.4, -0.2) is 88.0 Å². The molecule has 124 heavy (non-hydrogen) atoms. The van der Waals surface area contributed by atoms with Crippen LogP contribution in [-0.2, 0) is 46.0 Å². The zero-order chi connectivity index (χ0) is 85.2. The highest BCUT2D eigenvalue weighted by molar-refractivity contribution is 5.78. The van der Waals surface area contributed by atoms with Gasteiger partial charge in [0, 0.05) is 11.3 Å². The maximum Gasteiger partial charge on any atom is 0.411 e. The molecule has 0 heterocycles. The molecule has 10 heteroatoms. The minimum atomic E-state index is -4.19. The van der Waals surface area contributed by atoms with Gasteiger partial charge in [-0.25, -0.2) is 0 Å². The maximum atomic E-state index is 12.0. The van der Waals surface area contributed by atoms with Gasteiger partial charge in [0.1, 0.15) is 6.61 Å². The smallest absolute Gasteiger partial charge is 0.377 e. The highest BCUT2D eigenvalue weighted by Crippen LogP contribution is 2.65. The molecule has 21 aliphatic rings. The third-order valence-corrected chi connectivity index (χ3v) is 41.1. The predicted molar refractivity (Wildman–Crippen MR) is 495 cm³/mol. The van der Waals surface area contributed by atoms with E-state index in [-0.39, 0.29) is 11.5 Å². The fraction of sp³-hybridized carbons (Fsp3) is 0.789. The first kappa shape index (κ1) is 89.6. The normalized spacial score (nSPS) is 40.5. The van der Waals surface area contributed by atoms with Crippen LogP contribution >= 0.6 is 0 Å². The molecular weight excluding hydrogens is 1540 g/mol. The Balaban J connectivity index is 0.0000000985. The first-order valence-corrected chi connectivity index (χ1v) is 52.7. The summed E-state index contributed by atoms with van der Waals surface area (Å²) in [5.41, 5.74) is 13.1. The van der Waals surface area contributed by atoms with Crippen molar-refractivity contribution in [3.63, 3.8) is 0 Å². The molecule has 684 valence electrons. The second kappa shape index (κ2) is 37.4. The largest absolute Gasteiger partial charge is 0.411 e. The van der Waals surface area contributed by atoms with E-state index in [0.29, 0.717) is 87.2 Å². The lowest BCUT2D eigenvalue weighted by Crippen LogP contribution is -2.49. The van der Waals surface area contributed by atoms with E-state index in [1.165, 1.54) is 309 Å². The number of halogens is 3. The first-order chi connectivity index (χ1) is 59.9. The van der Waals surface area contributed by atoms with Crippen LogP contribution < -0.4 is 0 Å². The van der Waals surface area contributed by atoms with E-state index in [9.17, 15) is 13.2 Å². The Hall–Kier alpha value is -3.61. The summed E-state index contributed by atoms with van der Waals surface area (Å²) in [6.45, 7) is 20.9. The lowest BCUT2D eigenvalue weighted by atomic mass is 9.50. The second-order valence-corrected chi connectivity index (χ2v) is 48.0. The van der Waals surface area contributed by atoms with Gasteiger partial charge in [0.2, 0.25) is 0 Å². The zero-order valence-electron chi connectivity index (χ0n) is 78.5. The molecule has 0 aromatic heterocycles. The van der Waals surface area contributed by atoms with Crippen molar-refractivity contribution in [1.29, 1.82) is 0 Å². The zero-order valence-corrected chi connectivity index (χ0v) is 78.5. The summed E-state index contributed by atoms with van der Waals surface area (Å²) in [6.07, 6.45) is 61.6. The molecule has 0 amide bonds. The third-order valence-electron chi connectivity index (χ3n) is 41.1. The number of aryl methyl sites for hydroxylation is 1. The second-order valence-electron chi connectivity index (χ2n) is 48.0. The van der Waals surface area contributed by atoms with Gasteiger partial charge in [-0.15, -0.1) is 0 Å². The van der Waals surface area contributed by atoms with Gasteiger partial charge in [-0.3, -0.25) is 0 Å². The molecule has 19 fully saturated rings. The van der Waals surface area contributed by atoms with Gasteiger partial charge in [0.15, 0.2) is 0 Å². The molecule has 0 spiro atoms. The molecule has 7 nitrogen and oxygen atoms in total. The Morgan fingerprint density at radius 1 is 0.371 bits per heavy atom. The molecule has 19 atom stereocenters. The van der Waals surface area contributed by atoms with Crippen molar-refractivity contribution in [3.8, 4) is 11.1 Å². The molecule has 4 aromatic carbocycles. The van der Waals surface area contributed by atoms with Crippen molar-refractivity contribution in [3.05, 3.63) is 131 Å². The van der Waals surface area contributed by atoms with Crippen molar-refractivity contribution < 1.29 is 46.3 Å². The molecule has 0 saturated heterocycles. The number of hydrogen-bond donors (Lipinski definition) is 0. The minimum Gasteiger partial charge on any atom is -0.377 e. The number of hydrogen-bond acceptors (Lipinski definition) is 7. The van der Waals surface area contributed by atoms with E-state index in [0.717, 1.165) is 129 Å². The molecule has 0 radical (unpaired) electrons. The molecule has 19 unspecified atom stereocenters. The quantitative estimate of drug-likeness (QED) is 0.0613. The van der Waals surface area contributed by atoms with Crippen molar-refractivity contribution in [2.24, 2.45) is 121 Å². The third kappa shape index (κ3) is 19.0. The van der Waals surface area contributed by atoms with Crippen LogP contribution in [0.15, 0.2) is 103 Å². The Bertz CT molecular complexity index is 4040. The van der Waals surface area contributed by atoms with E-state index in [2.05, 4.69) is 152 Å². The van der Waals surface area contributed by atoms with Gasteiger partial charge in [-0.1, -0.05) is 149 Å². The average molecular weight is 1700 g/mol. The molecule has 4 aromatic rings. The first-order valence-electron chi connectivity index (χ1n) is 52.7. The van der Waals surface area contributed by atoms with Crippen LogP contribution in [0.1, 0.15) is 371 Å². The molecule has 18 bridgehead atoms. The summed E-state index contributed by atoms with van der Waals surface area (Å²) in [6, 6.07) is 37.8. The van der Waals surface area contributed by atoms with Gasteiger partial charge < -0.3 is 33.2 Å². The standard InChI is InChI=1S/C26H38O.C23H26O.C19H32O2.C19H26O.C16H26O.C11H17F3O/c1-20(26(10-6-3-7-11-26)18-21-8-4-2-5-9-21)27-19-25-15-22-12-23(16-25)14-24(13-22)17-25;1-16(23-12-10-17(14-23)11-13-23)24-15-22-20-8-4-2-6-18(20)19-7-3-5-9-21(19)22;1-13(19(2)12-15-4-6-17(19)10-15)20-7-8-21-18-11-14-3-5-16(18)9-14;1-13(19(2)12-14-7-9-16(19)11-14)20-18-10-8-15-5-3-4-6-17(15)18;1-11(16-6-4-12(10-16)5-7-16)17-15-9-13-2-3-14(15)8-13;1-8(15-7-11(12,13)14)10-4-2-9(6-10)3-5-10/h2,4-5,8-9,20,22-24H,3,6-7,10-19H2,1H3;2-9,16-17,22H,10-15H2,1H3;13-18H,3-12H2,1-2H3;3-6,13-14,16,18H,7-12H2,1-2H3;11-15H,2-10H2,1H3;8-9H,2-7H2,1H3. The Labute approximate surface area is 749 Å². The van der Waals surface area contributed by atoms with Crippen molar-refractivity contribution in [2.45, 2.75) is 411 Å². The Morgan fingerprint density at radius 2 is 0.863 bits per heavy atom. The minimum absolute atomic E-state index is 0.0654. The van der Waals surface area contributed by atoms with Gasteiger partial charge in [-0.05, 0) is 453 Å². The van der Waals surface area contributed by atoms with Crippen LogP contribution in [0.3, 0.4) is 0 Å². The molecule has 0 aliphatic heterocycles. The highest BCUT2D eigenvalue weighted by Gasteiger charge is 2.58. The average Bonchev–Trinajstić information content (AvgIpc) is 1.41. The fourth-order valence-corrected chi connectivity index (χ4v) is 33.7. The topological polar surface area (TPSA) is 64.6 Å². The van der Waals surface area contributed by atoms with Crippen molar-refractivity contribution in [1.82, 2.24) is 0 Å². The van der Waals surface area contributed by atoms with Gasteiger partial charge in [0.05, 0.1) is 81.4 Å². The SMILES string of the molecule is CC(OC1CC2CCC1C2)C12CCC(CC1)C2.CC(OC1CCc2ccccc21)C1(C)CC2CCC1C2.CC(OCC(F)(F)F)C12CCC(CC1)C2.CC(OCC12CC3CC(CC(C3)C1)C2)C1(Cc2ccccc2)CCCCC1.CC(OCC1c2ccccc2-c2ccccc21)C12CCC(CC1)C2.CC(OCCOC1CC2CCC1C2)C1(C)CC2CCC1C2. The summed E-state index contributed by atoms with van der Waals surface area (Å²) >= 11 is 0. The van der Waals surface area contributed by atoms with E-state index in [4.69, 9.17) is 33.2 Å². The fourth-order valence-electron chi connectivity index (χ4n) is 33.7. The van der Waals surface area contributed by atoms with Crippen molar-refractivity contribution >= 4 is 0 Å². The molecule has 25 rings (SSSR count). The summed E-state index contributed by atoms with van der Waals surface area (Å²) in [5, 5.41) is 0. The molecule has 0 N–H and O–H groups in total. The van der Waals surface area contributed by atoms with Gasteiger partial charge >= 0.3 is 6.18 Å². The monoisotopic (exact) mass is 1700 g/mol. The van der Waals surface area contributed by atoms with E-state index in [1.54, 1.807) is 6.92 Å². The number of ether oxygens (including phenoxy) is 7.